The Morgan fingerprint density at radius 1 is 1.12 bits per heavy atom. The van der Waals surface area contributed by atoms with Gasteiger partial charge in [0.2, 0.25) is 23.5 Å². The molecule has 1 atom stereocenters. The van der Waals surface area contributed by atoms with E-state index in [9.17, 15) is 19.2 Å². The van der Waals surface area contributed by atoms with Crippen LogP contribution in [0.1, 0.15) is 37.1 Å². The zero-order valence-corrected chi connectivity index (χ0v) is 17.5. The van der Waals surface area contributed by atoms with Crippen LogP contribution >= 0.6 is 0 Å². The predicted octanol–water partition coefficient (Wildman–Crippen LogP) is 1.07. The van der Waals surface area contributed by atoms with Crippen molar-refractivity contribution in [3.8, 4) is 11.4 Å². The first-order valence-electron chi connectivity index (χ1n) is 10.5. The quantitative estimate of drug-likeness (QED) is 0.707. The molecule has 164 valence electrons. The van der Waals surface area contributed by atoms with Crippen molar-refractivity contribution >= 4 is 23.6 Å². The van der Waals surface area contributed by atoms with Crippen molar-refractivity contribution in [3.05, 3.63) is 47.0 Å². The molecule has 0 aliphatic carbocycles. The van der Waals surface area contributed by atoms with Crippen LogP contribution in [0.4, 0.5) is 0 Å². The largest absolute Gasteiger partial charge is 0.357 e. The third-order valence-electron chi connectivity index (χ3n) is 6.06. The highest BCUT2D eigenvalue weighted by atomic mass is 16.5. The van der Waals surface area contributed by atoms with Crippen LogP contribution < -0.4 is 5.32 Å². The van der Waals surface area contributed by atoms with Gasteiger partial charge in [-0.05, 0) is 31.7 Å². The van der Waals surface area contributed by atoms with E-state index in [0.717, 1.165) is 16.0 Å². The number of aryl methyl sites for hydroxylation is 1. The summed E-state index contributed by atoms with van der Waals surface area (Å²) in [5, 5.41) is 6.27. The van der Waals surface area contributed by atoms with Crippen LogP contribution in [0.3, 0.4) is 0 Å². The topological polar surface area (TPSA) is 126 Å². The molecule has 0 spiro atoms. The highest BCUT2D eigenvalue weighted by Gasteiger charge is 2.48. The number of imide groups is 2. The third kappa shape index (κ3) is 3.28. The van der Waals surface area contributed by atoms with Gasteiger partial charge >= 0.3 is 0 Å². The maximum Gasteiger partial charge on any atom is 0.278 e. The molecule has 4 amide bonds. The van der Waals surface area contributed by atoms with Gasteiger partial charge in [0.15, 0.2) is 0 Å². The summed E-state index contributed by atoms with van der Waals surface area (Å²) in [4.78, 5) is 57.2. The van der Waals surface area contributed by atoms with E-state index in [-0.39, 0.29) is 25.1 Å². The second kappa shape index (κ2) is 7.70. The molecule has 10 nitrogen and oxygen atoms in total. The standard InChI is InChI=1S/C22H21N5O5/c1-12-5-2-3-6-13(12)19-24-17(32-25-19)11-26-10-4-7-14-18(26)22(31)27(21(14)30)15-8-9-16(28)23-20(15)29/h2-3,5-6,15H,4,7-11H2,1H3,(H,23,28,29). The molecule has 5 rings (SSSR count). The van der Waals surface area contributed by atoms with E-state index >= 15 is 0 Å². The minimum atomic E-state index is -0.976. The lowest BCUT2D eigenvalue weighted by Gasteiger charge is -2.29. The fourth-order valence-corrected chi connectivity index (χ4v) is 4.48. The van der Waals surface area contributed by atoms with Crippen molar-refractivity contribution in [1.29, 1.82) is 0 Å². The van der Waals surface area contributed by atoms with Gasteiger partial charge in [-0.3, -0.25) is 29.4 Å². The van der Waals surface area contributed by atoms with Crippen molar-refractivity contribution in [2.45, 2.75) is 45.2 Å². The van der Waals surface area contributed by atoms with Crippen LogP contribution in [0, 0.1) is 6.92 Å². The smallest absolute Gasteiger partial charge is 0.278 e. The van der Waals surface area contributed by atoms with E-state index in [0.29, 0.717) is 36.7 Å². The zero-order valence-electron chi connectivity index (χ0n) is 17.5. The highest BCUT2D eigenvalue weighted by Crippen LogP contribution is 2.34. The number of amides is 4. The number of rotatable bonds is 4. The molecule has 1 unspecified atom stereocenters. The van der Waals surface area contributed by atoms with Crippen LogP contribution in [0.15, 0.2) is 40.1 Å². The minimum absolute atomic E-state index is 0.0888. The molecular formula is C22H21N5O5. The third-order valence-corrected chi connectivity index (χ3v) is 6.06. The second-order valence-corrected chi connectivity index (χ2v) is 8.13. The normalized spacial score (nSPS) is 21.3. The van der Waals surface area contributed by atoms with Crippen LogP contribution in [-0.4, -0.2) is 56.2 Å². The van der Waals surface area contributed by atoms with Crippen LogP contribution in [0.5, 0.6) is 0 Å². The van der Waals surface area contributed by atoms with Crippen LogP contribution in [0.25, 0.3) is 11.4 Å². The molecule has 1 N–H and O–H groups in total. The van der Waals surface area contributed by atoms with E-state index in [1.807, 2.05) is 31.2 Å². The number of carbonyl (C=O) groups is 4. The summed E-state index contributed by atoms with van der Waals surface area (Å²) >= 11 is 0. The number of aromatic nitrogens is 2. The van der Waals surface area contributed by atoms with Gasteiger partial charge in [-0.25, -0.2) is 0 Å². The van der Waals surface area contributed by atoms with Crippen molar-refractivity contribution < 1.29 is 23.7 Å². The summed E-state index contributed by atoms with van der Waals surface area (Å²) in [6.45, 7) is 2.68. The average Bonchev–Trinajstić information content (AvgIpc) is 3.32. The Kier molecular flexibility index (Phi) is 4.84. The highest BCUT2D eigenvalue weighted by molar-refractivity contribution is 6.21. The number of nitrogens with one attached hydrogen (secondary N) is 1. The van der Waals surface area contributed by atoms with Crippen LogP contribution in [0.2, 0.25) is 0 Å². The Labute approximate surface area is 183 Å². The molecule has 0 bridgehead atoms. The van der Waals surface area contributed by atoms with Crippen molar-refractivity contribution in [3.63, 3.8) is 0 Å². The van der Waals surface area contributed by atoms with Gasteiger partial charge in [-0.2, -0.15) is 4.98 Å². The predicted molar refractivity (Wildman–Crippen MR) is 109 cm³/mol. The second-order valence-electron chi connectivity index (χ2n) is 8.13. The lowest BCUT2D eigenvalue weighted by Crippen LogP contribution is -2.55. The molecule has 2 aromatic rings. The lowest BCUT2D eigenvalue weighted by atomic mass is 10.0. The molecule has 1 aromatic carbocycles. The summed E-state index contributed by atoms with van der Waals surface area (Å²) in [6.07, 6.45) is 1.36. The Balaban J connectivity index is 1.38. The molecule has 0 saturated carbocycles. The molecule has 32 heavy (non-hydrogen) atoms. The molecule has 1 fully saturated rings. The fraction of sp³-hybridized carbons (Fsp3) is 0.364. The summed E-state index contributed by atoms with van der Waals surface area (Å²) in [7, 11) is 0. The Morgan fingerprint density at radius 2 is 1.94 bits per heavy atom. The average molecular weight is 435 g/mol. The van der Waals surface area contributed by atoms with Crippen molar-refractivity contribution in [2.24, 2.45) is 0 Å². The minimum Gasteiger partial charge on any atom is -0.357 e. The lowest BCUT2D eigenvalue weighted by molar-refractivity contribution is -0.150. The number of carbonyl (C=O) groups excluding carboxylic acids is 4. The van der Waals surface area contributed by atoms with E-state index in [2.05, 4.69) is 15.5 Å². The molecule has 3 aliphatic heterocycles. The molecule has 1 aromatic heterocycles. The van der Waals surface area contributed by atoms with E-state index < -0.39 is 29.7 Å². The van der Waals surface area contributed by atoms with E-state index in [1.165, 1.54) is 0 Å². The number of hydrogen-bond acceptors (Lipinski definition) is 8. The van der Waals surface area contributed by atoms with Crippen molar-refractivity contribution in [2.75, 3.05) is 6.54 Å². The van der Waals surface area contributed by atoms with Crippen molar-refractivity contribution in [1.82, 2.24) is 25.3 Å². The van der Waals surface area contributed by atoms with E-state index in [1.54, 1.807) is 4.90 Å². The molecule has 0 radical (unpaired) electrons. The number of piperidine rings is 1. The molecule has 4 heterocycles. The Hall–Kier alpha value is -3.82. The maximum atomic E-state index is 13.2. The monoisotopic (exact) mass is 435 g/mol. The first-order valence-corrected chi connectivity index (χ1v) is 10.5. The first-order chi connectivity index (χ1) is 15.4. The number of benzene rings is 1. The maximum absolute atomic E-state index is 13.2. The molecular weight excluding hydrogens is 414 g/mol. The van der Waals surface area contributed by atoms with Gasteiger partial charge in [-0.1, -0.05) is 29.4 Å². The molecule has 10 heteroatoms. The summed E-state index contributed by atoms with van der Waals surface area (Å²) in [6, 6.07) is 6.71. The zero-order chi connectivity index (χ0) is 22.4. The Bertz CT molecular complexity index is 1180. The SMILES string of the molecule is Cc1ccccc1-c1noc(CN2CCCC3=C2C(=O)N(C2CCC(=O)NC2=O)C3=O)n1. The number of nitrogens with zero attached hydrogens (tertiary/aromatic N) is 4. The first kappa shape index (κ1) is 20.1. The van der Waals surface area contributed by atoms with Gasteiger partial charge in [0.05, 0.1) is 6.54 Å². The fourth-order valence-electron chi connectivity index (χ4n) is 4.48. The molecule has 1 saturated heterocycles. The summed E-state index contributed by atoms with van der Waals surface area (Å²) < 4.78 is 5.42. The van der Waals surface area contributed by atoms with Gasteiger partial charge in [-0.15, -0.1) is 0 Å². The van der Waals surface area contributed by atoms with Gasteiger partial charge in [0.25, 0.3) is 11.8 Å². The summed E-state index contributed by atoms with van der Waals surface area (Å²) in [5.74, 6) is -1.20. The molecule has 3 aliphatic rings. The van der Waals surface area contributed by atoms with E-state index in [4.69, 9.17) is 4.52 Å². The van der Waals surface area contributed by atoms with Crippen LogP contribution in [-0.2, 0) is 25.7 Å². The van der Waals surface area contributed by atoms with Gasteiger partial charge in [0.1, 0.15) is 11.7 Å². The Morgan fingerprint density at radius 3 is 2.72 bits per heavy atom. The number of hydrogen-bond donors (Lipinski definition) is 1. The van der Waals surface area contributed by atoms with Gasteiger partial charge < -0.3 is 9.42 Å². The summed E-state index contributed by atoms with van der Waals surface area (Å²) in [5.41, 5.74) is 2.54. The van der Waals surface area contributed by atoms with Gasteiger partial charge in [0, 0.05) is 24.1 Å².